The number of anilines is 1. The van der Waals surface area contributed by atoms with Crippen molar-refractivity contribution in [1.29, 1.82) is 0 Å². The Morgan fingerprint density at radius 2 is 2.10 bits per heavy atom. The first-order chi connectivity index (χ1) is 9.91. The summed E-state index contributed by atoms with van der Waals surface area (Å²) in [7, 11) is -2.19. The maximum absolute atomic E-state index is 12.7. The van der Waals surface area contributed by atoms with Gasteiger partial charge in [0.05, 0.1) is 17.4 Å². The second-order valence-electron chi connectivity index (χ2n) is 4.77. The number of hydrogen-bond donors (Lipinski definition) is 1. The van der Waals surface area contributed by atoms with Crippen LogP contribution in [0.2, 0.25) is 0 Å². The van der Waals surface area contributed by atoms with Crippen molar-refractivity contribution in [2.75, 3.05) is 10.8 Å². The van der Waals surface area contributed by atoms with Gasteiger partial charge in [-0.05, 0) is 30.2 Å². The number of aromatic nitrogens is 2. The predicted molar refractivity (Wildman–Crippen MR) is 74.8 cm³/mol. The van der Waals surface area contributed by atoms with Crippen LogP contribution in [0.5, 0.6) is 0 Å². The largest absolute Gasteiger partial charge is 0.478 e. The number of sulfonamides is 1. The lowest BCUT2D eigenvalue weighted by atomic mass is 10.1. The molecule has 0 saturated carbocycles. The lowest BCUT2D eigenvalue weighted by Crippen LogP contribution is -2.30. The third kappa shape index (κ3) is 2.07. The number of rotatable bonds is 3. The summed E-state index contributed by atoms with van der Waals surface area (Å²) >= 11 is 0. The number of aryl methyl sites for hydroxylation is 1. The number of aromatic carboxylic acids is 1. The van der Waals surface area contributed by atoms with Crippen molar-refractivity contribution in [2.24, 2.45) is 7.05 Å². The zero-order chi connectivity index (χ0) is 15.2. The highest BCUT2D eigenvalue weighted by Crippen LogP contribution is 2.33. The molecular formula is C13H13N3O4S. The fourth-order valence-electron chi connectivity index (χ4n) is 2.46. The Morgan fingerprint density at radius 1 is 1.33 bits per heavy atom. The van der Waals surface area contributed by atoms with E-state index < -0.39 is 16.0 Å². The third-order valence-electron chi connectivity index (χ3n) is 3.52. The van der Waals surface area contributed by atoms with E-state index in [1.54, 1.807) is 13.1 Å². The fraction of sp³-hybridized carbons (Fsp3) is 0.231. The molecule has 7 nitrogen and oxygen atoms in total. The average molecular weight is 307 g/mol. The van der Waals surface area contributed by atoms with Crippen LogP contribution in [0, 0.1) is 0 Å². The molecule has 0 amide bonds. The standard InChI is InChI=1S/C13H13N3O4S/c1-15-12(4-6-14-15)21(19,20)16-7-5-9-2-3-10(13(17)18)8-11(9)16/h2-4,6,8H,5,7H2,1H3,(H,17,18). The number of carboxylic acids is 1. The molecule has 0 radical (unpaired) electrons. The van der Waals surface area contributed by atoms with Gasteiger partial charge in [-0.3, -0.25) is 8.99 Å². The normalized spacial score (nSPS) is 14.2. The van der Waals surface area contributed by atoms with Gasteiger partial charge < -0.3 is 5.11 Å². The van der Waals surface area contributed by atoms with Gasteiger partial charge in [-0.1, -0.05) is 6.07 Å². The number of carbonyl (C=O) groups is 1. The highest BCUT2D eigenvalue weighted by Gasteiger charge is 2.33. The minimum Gasteiger partial charge on any atom is -0.478 e. The summed E-state index contributed by atoms with van der Waals surface area (Å²) in [6.45, 7) is 0.298. The topological polar surface area (TPSA) is 92.5 Å². The Kier molecular flexibility index (Phi) is 2.98. The summed E-state index contributed by atoms with van der Waals surface area (Å²) in [5.41, 5.74) is 1.32. The molecule has 2 aromatic rings. The molecular weight excluding hydrogens is 294 g/mol. The molecule has 0 atom stereocenters. The first kappa shape index (κ1) is 13.6. The monoisotopic (exact) mass is 307 g/mol. The van der Waals surface area contributed by atoms with Crippen LogP contribution in [0.15, 0.2) is 35.5 Å². The molecule has 110 valence electrons. The third-order valence-corrected chi connectivity index (χ3v) is 5.40. The molecule has 1 aliphatic rings. The van der Waals surface area contributed by atoms with E-state index in [-0.39, 0.29) is 10.6 Å². The number of fused-ring (bicyclic) bond motifs is 1. The van der Waals surface area contributed by atoms with E-state index >= 15 is 0 Å². The Labute approximate surface area is 121 Å². The zero-order valence-electron chi connectivity index (χ0n) is 11.2. The highest BCUT2D eigenvalue weighted by atomic mass is 32.2. The van der Waals surface area contributed by atoms with Gasteiger partial charge in [-0.25, -0.2) is 4.79 Å². The SMILES string of the molecule is Cn1nccc1S(=O)(=O)N1CCc2ccc(C(=O)O)cc21. The second kappa shape index (κ2) is 4.59. The zero-order valence-corrected chi connectivity index (χ0v) is 12.0. The minimum absolute atomic E-state index is 0.0702. The van der Waals surface area contributed by atoms with Crippen molar-refractivity contribution in [1.82, 2.24) is 9.78 Å². The molecule has 8 heteroatoms. The molecule has 0 unspecified atom stereocenters. The lowest BCUT2D eigenvalue weighted by Gasteiger charge is -2.19. The smallest absolute Gasteiger partial charge is 0.335 e. The van der Waals surface area contributed by atoms with Crippen molar-refractivity contribution >= 4 is 21.7 Å². The molecule has 0 saturated heterocycles. The van der Waals surface area contributed by atoms with E-state index in [1.807, 2.05) is 0 Å². The molecule has 2 heterocycles. The van der Waals surface area contributed by atoms with Gasteiger partial charge in [0.1, 0.15) is 0 Å². The van der Waals surface area contributed by atoms with Crippen LogP contribution in [-0.2, 0) is 23.5 Å². The minimum atomic E-state index is -3.74. The summed E-state index contributed by atoms with van der Waals surface area (Å²) in [6.07, 6.45) is 1.98. The van der Waals surface area contributed by atoms with Crippen molar-refractivity contribution in [3.8, 4) is 0 Å². The average Bonchev–Trinajstić information content (AvgIpc) is 3.03. The number of nitrogens with zero attached hydrogens (tertiary/aromatic N) is 3. The molecule has 3 rings (SSSR count). The quantitative estimate of drug-likeness (QED) is 0.908. The molecule has 1 aliphatic heterocycles. The Balaban J connectivity index is 2.10. The maximum Gasteiger partial charge on any atom is 0.335 e. The van der Waals surface area contributed by atoms with Gasteiger partial charge in [-0.15, -0.1) is 0 Å². The lowest BCUT2D eigenvalue weighted by molar-refractivity contribution is 0.0697. The van der Waals surface area contributed by atoms with Crippen molar-refractivity contribution < 1.29 is 18.3 Å². The Bertz CT molecular complexity index is 826. The summed E-state index contributed by atoms with van der Waals surface area (Å²) in [5.74, 6) is -1.08. The molecule has 0 bridgehead atoms. The van der Waals surface area contributed by atoms with Crippen molar-refractivity contribution in [2.45, 2.75) is 11.4 Å². The number of carboxylic acid groups (broad SMARTS) is 1. The first-order valence-corrected chi connectivity index (χ1v) is 7.72. The molecule has 1 aromatic heterocycles. The van der Waals surface area contributed by atoms with Crippen LogP contribution >= 0.6 is 0 Å². The van der Waals surface area contributed by atoms with E-state index in [0.29, 0.717) is 18.7 Å². The summed E-state index contributed by atoms with van der Waals surface area (Å²) < 4.78 is 27.9. The summed E-state index contributed by atoms with van der Waals surface area (Å²) in [5, 5.41) is 13.0. The van der Waals surface area contributed by atoms with Gasteiger partial charge in [0.2, 0.25) is 0 Å². The summed E-state index contributed by atoms with van der Waals surface area (Å²) in [4.78, 5) is 11.1. The van der Waals surface area contributed by atoms with E-state index in [9.17, 15) is 13.2 Å². The van der Waals surface area contributed by atoms with Crippen LogP contribution in [-0.4, -0.2) is 35.8 Å². The van der Waals surface area contributed by atoms with Crippen molar-refractivity contribution in [3.05, 3.63) is 41.6 Å². The Hall–Kier alpha value is -2.35. The molecule has 0 spiro atoms. The van der Waals surface area contributed by atoms with Gasteiger partial charge in [0.15, 0.2) is 5.03 Å². The van der Waals surface area contributed by atoms with E-state index in [0.717, 1.165) is 5.56 Å². The van der Waals surface area contributed by atoms with Gasteiger partial charge >= 0.3 is 5.97 Å². The number of hydrogen-bond acceptors (Lipinski definition) is 4. The fourth-order valence-corrected chi connectivity index (χ4v) is 4.06. The molecule has 0 aliphatic carbocycles. The van der Waals surface area contributed by atoms with E-state index in [2.05, 4.69) is 5.10 Å². The van der Waals surface area contributed by atoms with E-state index in [4.69, 9.17) is 5.11 Å². The molecule has 0 fully saturated rings. The van der Waals surface area contributed by atoms with E-state index in [1.165, 1.54) is 33.4 Å². The van der Waals surface area contributed by atoms with Gasteiger partial charge in [0.25, 0.3) is 10.0 Å². The molecule has 21 heavy (non-hydrogen) atoms. The van der Waals surface area contributed by atoms with Crippen LogP contribution in [0.25, 0.3) is 0 Å². The molecule has 1 N–H and O–H groups in total. The predicted octanol–water partition coefficient (Wildman–Crippen LogP) is 0.870. The van der Waals surface area contributed by atoms with Crippen molar-refractivity contribution in [3.63, 3.8) is 0 Å². The maximum atomic E-state index is 12.7. The Morgan fingerprint density at radius 3 is 2.71 bits per heavy atom. The first-order valence-electron chi connectivity index (χ1n) is 6.28. The second-order valence-corrected chi connectivity index (χ2v) is 6.58. The van der Waals surface area contributed by atoms with Crippen LogP contribution < -0.4 is 4.31 Å². The number of benzene rings is 1. The van der Waals surface area contributed by atoms with Gasteiger partial charge in [0, 0.05) is 13.6 Å². The van der Waals surface area contributed by atoms with Gasteiger partial charge in [-0.2, -0.15) is 13.5 Å². The van der Waals surface area contributed by atoms with Crippen LogP contribution in [0.3, 0.4) is 0 Å². The highest BCUT2D eigenvalue weighted by molar-refractivity contribution is 7.92. The van der Waals surface area contributed by atoms with Crippen LogP contribution in [0.1, 0.15) is 15.9 Å². The summed E-state index contributed by atoms with van der Waals surface area (Å²) in [6, 6.07) is 5.98. The molecule has 1 aromatic carbocycles. The van der Waals surface area contributed by atoms with Crippen LogP contribution in [0.4, 0.5) is 5.69 Å².